The van der Waals surface area contributed by atoms with E-state index in [-0.39, 0.29) is 23.7 Å². The van der Waals surface area contributed by atoms with E-state index < -0.39 is 12.2 Å². The third-order valence-corrected chi connectivity index (χ3v) is 3.83. The Hall–Kier alpha value is -0.870. The smallest absolute Gasteiger partial charge is 0.333 e. The Bertz CT molecular complexity index is 310. The highest BCUT2D eigenvalue weighted by Crippen LogP contribution is 2.48. The summed E-state index contributed by atoms with van der Waals surface area (Å²) >= 11 is 0. The molecule has 2 saturated carbocycles. The van der Waals surface area contributed by atoms with Gasteiger partial charge in [-0.25, -0.2) is 4.79 Å². The van der Waals surface area contributed by atoms with Gasteiger partial charge in [-0.2, -0.15) is 0 Å². The van der Waals surface area contributed by atoms with Crippen LogP contribution in [0.15, 0.2) is 12.2 Å². The molecule has 2 bridgehead atoms. The fraction of sp³-hybridized carbons (Fsp3) is 0.750. The molecule has 5 atom stereocenters. The molecule has 0 aliphatic heterocycles. The van der Waals surface area contributed by atoms with Crippen LogP contribution in [-0.2, 0) is 9.53 Å². The number of fused-ring (bicyclic) bond motifs is 2. The number of esters is 1. The number of aliphatic hydroxyl groups is 2. The van der Waals surface area contributed by atoms with Crippen molar-refractivity contribution in [3.63, 3.8) is 0 Å². The minimum absolute atomic E-state index is 0.0814. The third kappa shape index (κ3) is 1.87. The summed E-state index contributed by atoms with van der Waals surface area (Å²) in [5, 5.41) is 19.3. The van der Waals surface area contributed by atoms with E-state index >= 15 is 0 Å². The molecular weight excluding hydrogens is 208 g/mol. The lowest BCUT2D eigenvalue weighted by Crippen LogP contribution is -2.38. The number of rotatable bonds is 3. The predicted octanol–water partition coefficient (Wildman–Crippen LogP) is 0.484. The molecule has 0 aromatic rings. The van der Waals surface area contributed by atoms with Crippen LogP contribution in [0.3, 0.4) is 0 Å². The van der Waals surface area contributed by atoms with E-state index in [9.17, 15) is 15.0 Å². The normalized spacial score (nSPS) is 41.1. The molecule has 4 nitrogen and oxygen atoms in total. The SMILES string of the molecule is C=C(C)C(=O)OCC1CC2CC1C(O)C2O. The molecular formula is C12H18O4. The van der Waals surface area contributed by atoms with Crippen molar-refractivity contribution in [1.82, 2.24) is 0 Å². The highest BCUT2D eigenvalue weighted by molar-refractivity contribution is 5.86. The Morgan fingerprint density at radius 1 is 1.38 bits per heavy atom. The van der Waals surface area contributed by atoms with Crippen molar-refractivity contribution in [1.29, 1.82) is 0 Å². The summed E-state index contributed by atoms with van der Waals surface area (Å²) in [5.41, 5.74) is 0.392. The molecule has 0 aromatic carbocycles. The zero-order valence-electron chi connectivity index (χ0n) is 9.43. The van der Waals surface area contributed by atoms with Crippen LogP contribution >= 0.6 is 0 Å². The van der Waals surface area contributed by atoms with Crippen LogP contribution in [0, 0.1) is 17.8 Å². The van der Waals surface area contributed by atoms with Crippen LogP contribution in [0.1, 0.15) is 19.8 Å². The molecule has 0 aromatic heterocycles. The van der Waals surface area contributed by atoms with Crippen LogP contribution in [0.2, 0.25) is 0 Å². The highest BCUT2D eigenvalue weighted by Gasteiger charge is 2.51. The molecule has 5 unspecified atom stereocenters. The molecule has 2 aliphatic rings. The molecule has 0 heterocycles. The second-order valence-corrected chi connectivity index (χ2v) is 5.02. The zero-order valence-corrected chi connectivity index (χ0v) is 9.43. The van der Waals surface area contributed by atoms with Crippen LogP contribution in [0.5, 0.6) is 0 Å². The number of hydrogen-bond acceptors (Lipinski definition) is 4. The number of aliphatic hydroxyl groups excluding tert-OH is 2. The lowest BCUT2D eigenvalue weighted by atomic mass is 9.85. The van der Waals surface area contributed by atoms with Crippen molar-refractivity contribution in [2.45, 2.75) is 32.0 Å². The molecule has 90 valence electrons. The molecule has 2 aliphatic carbocycles. The maximum Gasteiger partial charge on any atom is 0.333 e. The Balaban J connectivity index is 1.86. The molecule has 2 N–H and O–H groups in total. The minimum Gasteiger partial charge on any atom is -0.462 e. The van der Waals surface area contributed by atoms with Gasteiger partial charge in [-0.05, 0) is 37.5 Å². The average molecular weight is 226 g/mol. The van der Waals surface area contributed by atoms with Crippen molar-refractivity contribution in [2.24, 2.45) is 17.8 Å². The minimum atomic E-state index is -0.646. The first-order chi connectivity index (χ1) is 7.50. The molecule has 0 saturated heterocycles. The number of ether oxygens (including phenoxy) is 1. The Labute approximate surface area is 94.9 Å². The largest absolute Gasteiger partial charge is 0.462 e. The van der Waals surface area contributed by atoms with Crippen molar-refractivity contribution in [2.75, 3.05) is 6.61 Å². The summed E-state index contributed by atoms with van der Waals surface area (Å²) in [4.78, 5) is 11.2. The van der Waals surface area contributed by atoms with Crippen molar-refractivity contribution < 1.29 is 19.7 Å². The fourth-order valence-electron chi connectivity index (χ4n) is 2.93. The monoisotopic (exact) mass is 226 g/mol. The van der Waals surface area contributed by atoms with Crippen LogP contribution < -0.4 is 0 Å². The summed E-state index contributed by atoms with van der Waals surface area (Å²) in [6.07, 6.45) is 0.453. The first kappa shape index (κ1) is 11.6. The predicted molar refractivity (Wildman–Crippen MR) is 57.5 cm³/mol. The molecule has 0 spiro atoms. The van der Waals surface area contributed by atoms with E-state index in [1.807, 2.05) is 0 Å². The maximum atomic E-state index is 11.2. The summed E-state index contributed by atoms with van der Waals surface area (Å²) in [5.74, 6) is 0.0657. The third-order valence-electron chi connectivity index (χ3n) is 3.83. The van der Waals surface area contributed by atoms with Crippen molar-refractivity contribution in [3.8, 4) is 0 Å². The Morgan fingerprint density at radius 3 is 2.56 bits per heavy atom. The maximum absolute atomic E-state index is 11.2. The van der Waals surface area contributed by atoms with Gasteiger partial charge >= 0.3 is 5.97 Å². The summed E-state index contributed by atoms with van der Waals surface area (Å²) in [7, 11) is 0. The lowest BCUT2D eigenvalue weighted by molar-refractivity contribution is -0.142. The van der Waals surface area contributed by atoms with Gasteiger partial charge in [0.1, 0.15) is 0 Å². The number of carbonyl (C=O) groups excluding carboxylic acids is 1. The van der Waals surface area contributed by atoms with Gasteiger partial charge in [-0.3, -0.25) is 0 Å². The van der Waals surface area contributed by atoms with Crippen LogP contribution in [0.4, 0.5) is 0 Å². The van der Waals surface area contributed by atoms with Gasteiger partial charge in [0.25, 0.3) is 0 Å². The van der Waals surface area contributed by atoms with Crippen molar-refractivity contribution in [3.05, 3.63) is 12.2 Å². The van der Waals surface area contributed by atoms with Gasteiger partial charge < -0.3 is 14.9 Å². The zero-order chi connectivity index (χ0) is 11.9. The topological polar surface area (TPSA) is 66.8 Å². The molecule has 2 fully saturated rings. The van der Waals surface area contributed by atoms with Gasteiger partial charge in [0.05, 0.1) is 18.8 Å². The Kier molecular flexibility index (Phi) is 3.04. The van der Waals surface area contributed by atoms with E-state index in [0.29, 0.717) is 12.2 Å². The number of hydrogen-bond donors (Lipinski definition) is 2. The lowest BCUT2D eigenvalue weighted by Gasteiger charge is -2.29. The van der Waals surface area contributed by atoms with Gasteiger partial charge in [-0.15, -0.1) is 0 Å². The van der Waals surface area contributed by atoms with Gasteiger partial charge in [0.2, 0.25) is 0 Å². The molecule has 16 heavy (non-hydrogen) atoms. The summed E-state index contributed by atoms with van der Waals surface area (Å²) in [6.45, 7) is 5.45. The molecule has 2 rings (SSSR count). The second kappa shape index (κ2) is 4.18. The van der Waals surface area contributed by atoms with E-state index in [1.165, 1.54) is 0 Å². The summed E-state index contributed by atoms with van der Waals surface area (Å²) < 4.78 is 5.09. The fourth-order valence-corrected chi connectivity index (χ4v) is 2.93. The standard InChI is InChI=1S/C12H18O4/c1-6(2)12(15)16-5-8-3-7-4-9(8)11(14)10(7)13/h7-11,13-14H,1,3-5H2,2H3. The van der Waals surface area contributed by atoms with E-state index in [0.717, 1.165) is 12.8 Å². The highest BCUT2D eigenvalue weighted by atomic mass is 16.5. The van der Waals surface area contributed by atoms with Gasteiger partial charge in [0.15, 0.2) is 0 Å². The van der Waals surface area contributed by atoms with Crippen LogP contribution in [0.25, 0.3) is 0 Å². The van der Waals surface area contributed by atoms with E-state index in [2.05, 4.69) is 6.58 Å². The molecule has 4 heteroatoms. The van der Waals surface area contributed by atoms with Crippen molar-refractivity contribution >= 4 is 5.97 Å². The average Bonchev–Trinajstić information content (AvgIpc) is 2.76. The first-order valence-electron chi connectivity index (χ1n) is 5.69. The van der Waals surface area contributed by atoms with Crippen LogP contribution in [-0.4, -0.2) is 35.0 Å². The Morgan fingerprint density at radius 2 is 2.06 bits per heavy atom. The number of carbonyl (C=O) groups is 1. The van der Waals surface area contributed by atoms with Gasteiger partial charge in [-0.1, -0.05) is 6.58 Å². The second-order valence-electron chi connectivity index (χ2n) is 5.02. The molecule has 0 radical (unpaired) electrons. The first-order valence-corrected chi connectivity index (χ1v) is 5.69. The molecule has 0 amide bonds. The van der Waals surface area contributed by atoms with Gasteiger partial charge in [0, 0.05) is 5.57 Å². The van der Waals surface area contributed by atoms with E-state index in [1.54, 1.807) is 6.92 Å². The van der Waals surface area contributed by atoms with E-state index in [4.69, 9.17) is 4.74 Å². The quantitative estimate of drug-likeness (QED) is 0.542. The summed E-state index contributed by atoms with van der Waals surface area (Å²) in [6, 6.07) is 0.